The summed E-state index contributed by atoms with van der Waals surface area (Å²) in [5, 5.41) is 8.05. The average Bonchev–Trinajstić information content (AvgIpc) is 3.32. The van der Waals surface area contributed by atoms with Crippen molar-refractivity contribution in [1.82, 2.24) is 15.0 Å². The fourth-order valence-electron chi connectivity index (χ4n) is 4.28. The maximum Gasteiger partial charge on any atom is 0.230 e. The molecular formula is C21H20N4O. The maximum absolute atomic E-state index is 13.3. The molecule has 2 atom stereocenters. The molecule has 2 unspecified atom stereocenters. The monoisotopic (exact) mass is 344 g/mol. The summed E-state index contributed by atoms with van der Waals surface area (Å²) in [6.45, 7) is 1.49. The zero-order valence-corrected chi connectivity index (χ0v) is 14.5. The highest BCUT2D eigenvalue weighted by molar-refractivity contribution is 5.97. The number of hydrogen-bond acceptors (Lipinski definition) is 3. The molecule has 26 heavy (non-hydrogen) atoms. The van der Waals surface area contributed by atoms with Crippen LogP contribution >= 0.6 is 0 Å². The van der Waals surface area contributed by atoms with Crippen LogP contribution in [0.25, 0.3) is 0 Å². The van der Waals surface area contributed by atoms with Crippen LogP contribution in [0.4, 0.5) is 5.69 Å². The zero-order chi connectivity index (χ0) is 17.5. The molecule has 5 nitrogen and oxygen atoms in total. The molecule has 0 saturated carbocycles. The second kappa shape index (κ2) is 6.09. The van der Waals surface area contributed by atoms with Crippen LogP contribution in [0.15, 0.2) is 60.8 Å². The summed E-state index contributed by atoms with van der Waals surface area (Å²) in [4.78, 5) is 15.3. The van der Waals surface area contributed by atoms with Gasteiger partial charge >= 0.3 is 0 Å². The van der Waals surface area contributed by atoms with Crippen molar-refractivity contribution in [3.05, 3.63) is 77.6 Å². The van der Waals surface area contributed by atoms with Gasteiger partial charge in [-0.3, -0.25) is 4.79 Å². The highest BCUT2D eigenvalue weighted by atomic mass is 16.2. The first kappa shape index (κ1) is 15.3. The second-order valence-electron chi connectivity index (χ2n) is 7.11. The molecule has 5 heteroatoms. The number of aromatic nitrogens is 3. The average molecular weight is 344 g/mol. The Bertz CT molecular complexity index is 949. The van der Waals surface area contributed by atoms with Gasteiger partial charge in [0.2, 0.25) is 5.91 Å². The molecule has 130 valence electrons. The summed E-state index contributed by atoms with van der Waals surface area (Å²) in [6.07, 6.45) is 3.33. The van der Waals surface area contributed by atoms with Crippen LogP contribution in [0.3, 0.4) is 0 Å². The van der Waals surface area contributed by atoms with Gasteiger partial charge in [0, 0.05) is 37.0 Å². The van der Waals surface area contributed by atoms with Crippen LogP contribution in [-0.4, -0.2) is 27.4 Å². The molecule has 0 spiro atoms. The molecule has 2 aromatic carbocycles. The second-order valence-corrected chi connectivity index (χ2v) is 7.11. The van der Waals surface area contributed by atoms with E-state index in [1.807, 2.05) is 21.7 Å². The third-order valence-electron chi connectivity index (χ3n) is 5.63. The largest absolute Gasteiger partial charge is 0.311 e. The van der Waals surface area contributed by atoms with Crippen molar-refractivity contribution in [3.63, 3.8) is 0 Å². The molecule has 3 aromatic rings. The lowest BCUT2D eigenvalue weighted by Gasteiger charge is -2.27. The molecule has 1 amide bonds. The lowest BCUT2D eigenvalue weighted by atomic mass is 9.93. The summed E-state index contributed by atoms with van der Waals surface area (Å²) in [6, 6.07) is 18.8. The van der Waals surface area contributed by atoms with E-state index in [-0.39, 0.29) is 17.7 Å². The van der Waals surface area contributed by atoms with Crippen molar-refractivity contribution in [2.75, 3.05) is 11.4 Å². The Morgan fingerprint density at radius 1 is 1.04 bits per heavy atom. The van der Waals surface area contributed by atoms with Crippen molar-refractivity contribution < 1.29 is 4.79 Å². The molecule has 2 aliphatic heterocycles. The third kappa shape index (κ3) is 2.43. The minimum atomic E-state index is 0.00331. The van der Waals surface area contributed by atoms with Crippen LogP contribution in [0.2, 0.25) is 0 Å². The summed E-state index contributed by atoms with van der Waals surface area (Å²) in [5.41, 5.74) is 4.63. The van der Waals surface area contributed by atoms with Gasteiger partial charge < -0.3 is 4.90 Å². The van der Waals surface area contributed by atoms with Gasteiger partial charge in [-0.25, -0.2) is 4.68 Å². The van der Waals surface area contributed by atoms with Crippen molar-refractivity contribution >= 4 is 11.6 Å². The SMILES string of the molecule is O=C(C1CCn2nncc2C1)N1CC(c2ccccc2)c2ccccc21. The van der Waals surface area contributed by atoms with Gasteiger partial charge in [-0.1, -0.05) is 53.7 Å². The lowest BCUT2D eigenvalue weighted by Crippen LogP contribution is -2.38. The molecule has 2 aliphatic rings. The predicted octanol–water partition coefficient (Wildman–Crippen LogP) is 3.02. The minimum absolute atomic E-state index is 0.00331. The molecular weight excluding hydrogens is 324 g/mol. The molecule has 0 bridgehead atoms. The summed E-state index contributed by atoms with van der Waals surface area (Å²) in [5.74, 6) is 0.471. The molecule has 1 aromatic heterocycles. The van der Waals surface area contributed by atoms with Crippen molar-refractivity contribution in [1.29, 1.82) is 0 Å². The van der Waals surface area contributed by atoms with Gasteiger partial charge in [0.05, 0.1) is 11.9 Å². The Morgan fingerprint density at radius 2 is 1.85 bits per heavy atom. The van der Waals surface area contributed by atoms with Gasteiger partial charge in [-0.2, -0.15) is 0 Å². The highest BCUT2D eigenvalue weighted by Gasteiger charge is 2.37. The Hall–Kier alpha value is -2.95. The van der Waals surface area contributed by atoms with Crippen LogP contribution in [0.5, 0.6) is 0 Å². The van der Waals surface area contributed by atoms with E-state index < -0.39 is 0 Å². The molecule has 0 radical (unpaired) electrons. The van der Waals surface area contributed by atoms with Crippen LogP contribution in [-0.2, 0) is 17.8 Å². The number of carbonyl (C=O) groups excluding carboxylic acids is 1. The van der Waals surface area contributed by atoms with E-state index in [4.69, 9.17) is 0 Å². The van der Waals surface area contributed by atoms with E-state index in [9.17, 15) is 4.79 Å². The third-order valence-corrected chi connectivity index (χ3v) is 5.63. The normalized spacial score (nSPS) is 21.3. The number of benzene rings is 2. The molecule has 3 heterocycles. The smallest absolute Gasteiger partial charge is 0.230 e. The number of rotatable bonds is 2. The number of nitrogens with zero attached hydrogens (tertiary/aromatic N) is 4. The zero-order valence-electron chi connectivity index (χ0n) is 14.5. The number of amides is 1. The first-order chi connectivity index (χ1) is 12.8. The summed E-state index contributed by atoms with van der Waals surface area (Å²) in [7, 11) is 0. The fourth-order valence-corrected chi connectivity index (χ4v) is 4.28. The van der Waals surface area contributed by atoms with E-state index in [0.29, 0.717) is 0 Å². The van der Waals surface area contributed by atoms with E-state index >= 15 is 0 Å². The number of anilines is 1. The van der Waals surface area contributed by atoms with Gasteiger partial charge in [-0.15, -0.1) is 5.10 Å². The topological polar surface area (TPSA) is 51.0 Å². The number of carbonyl (C=O) groups is 1. The number of aryl methyl sites for hydroxylation is 1. The molecule has 0 fully saturated rings. The van der Waals surface area contributed by atoms with E-state index in [2.05, 4.69) is 52.8 Å². The van der Waals surface area contributed by atoms with Gasteiger partial charge in [0.1, 0.15) is 0 Å². The first-order valence-corrected chi connectivity index (χ1v) is 9.14. The van der Waals surface area contributed by atoms with Crippen molar-refractivity contribution in [2.45, 2.75) is 25.3 Å². The highest BCUT2D eigenvalue weighted by Crippen LogP contribution is 2.41. The Morgan fingerprint density at radius 3 is 2.73 bits per heavy atom. The Labute approximate surface area is 152 Å². The van der Waals surface area contributed by atoms with Crippen LogP contribution in [0.1, 0.15) is 29.2 Å². The predicted molar refractivity (Wildman–Crippen MR) is 98.9 cm³/mol. The molecule has 5 rings (SSSR count). The van der Waals surface area contributed by atoms with E-state index in [1.165, 1.54) is 11.1 Å². The minimum Gasteiger partial charge on any atom is -0.311 e. The van der Waals surface area contributed by atoms with Gasteiger partial charge in [-0.05, 0) is 23.6 Å². The lowest BCUT2D eigenvalue weighted by molar-refractivity contribution is -0.122. The number of fused-ring (bicyclic) bond motifs is 2. The molecule has 0 aliphatic carbocycles. The quantitative estimate of drug-likeness (QED) is 0.718. The molecule has 0 N–H and O–H groups in total. The first-order valence-electron chi connectivity index (χ1n) is 9.14. The summed E-state index contributed by atoms with van der Waals surface area (Å²) >= 11 is 0. The Kier molecular flexibility index (Phi) is 3.59. The van der Waals surface area contributed by atoms with Gasteiger partial charge in [0.25, 0.3) is 0 Å². The van der Waals surface area contributed by atoms with Crippen LogP contribution < -0.4 is 4.90 Å². The summed E-state index contributed by atoms with van der Waals surface area (Å²) < 4.78 is 1.91. The maximum atomic E-state index is 13.3. The van der Waals surface area contributed by atoms with Crippen LogP contribution in [0, 0.1) is 5.92 Å². The van der Waals surface area contributed by atoms with E-state index in [1.54, 1.807) is 6.20 Å². The molecule has 0 saturated heterocycles. The van der Waals surface area contributed by atoms with Crippen molar-refractivity contribution in [2.24, 2.45) is 5.92 Å². The van der Waals surface area contributed by atoms with Crippen molar-refractivity contribution in [3.8, 4) is 0 Å². The standard InChI is InChI=1S/C21H20N4O/c26-21(16-10-11-25-17(12-16)13-22-23-25)24-14-19(15-6-2-1-3-7-15)18-8-4-5-9-20(18)24/h1-9,13,16,19H,10-12,14H2. The van der Waals surface area contributed by atoms with Gasteiger partial charge in [0.15, 0.2) is 0 Å². The van der Waals surface area contributed by atoms with E-state index in [0.717, 1.165) is 37.3 Å². The number of hydrogen-bond donors (Lipinski definition) is 0. The fraction of sp³-hybridized carbons (Fsp3) is 0.286. The Balaban J connectivity index is 1.46. The number of para-hydroxylation sites is 1.